The van der Waals surface area contributed by atoms with Crippen LogP contribution in [-0.4, -0.2) is 124 Å². The van der Waals surface area contributed by atoms with Crippen LogP contribution in [0.3, 0.4) is 0 Å². The van der Waals surface area contributed by atoms with Gasteiger partial charge in [0.1, 0.15) is 36.6 Å². The Morgan fingerprint density at radius 1 is 0.750 bits per heavy atom. The highest BCUT2D eigenvalue weighted by molar-refractivity contribution is 5.35. The zero-order chi connectivity index (χ0) is 18.3. The number of fused-ring (bicyclic) bond motifs is 5. The Morgan fingerprint density at radius 3 is 1.79 bits per heavy atom. The third kappa shape index (κ3) is 1.55. The predicted octanol–water partition coefficient (Wildman–Crippen LogP) is -6.93. The zero-order valence-electron chi connectivity index (χ0n) is 12.2. The van der Waals surface area contributed by atoms with Crippen molar-refractivity contribution in [2.45, 2.75) is 59.4 Å². The molecule has 12 nitrogen and oxygen atoms in total. The molecule has 2 saturated heterocycles. The molecular weight excluding hydrogens is 336 g/mol. The van der Waals surface area contributed by atoms with Gasteiger partial charge in [-0.15, -0.1) is 0 Å². The molecule has 10 N–H and O–H groups in total. The Balaban J connectivity index is 2.26. The largest absolute Gasteiger partial charge is 0.394 e. The second-order valence-corrected chi connectivity index (χ2v) is 6.39. The van der Waals surface area contributed by atoms with Crippen LogP contribution < -0.4 is 0 Å². The molecular formula is C12H20O12. The van der Waals surface area contributed by atoms with Crippen molar-refractivity contribution in [1.82, 2.24) is 0 Å². The third-order valence-corrected chi connectivity index (χ3v) is 5.35. The molecule has 2 heterocycles. The van der Waals surface area contributed by atoms with Crippen LogP contribution in [-0.2, 0) is 9.47 Å². The molecule has 3 rings (SSSR count). The molecule has 2 aliphatic heterocycles. The fourth-order valence-corrected chi connectivity index (χ4v) is 3.98. The van der Waals surface area contributed by atoms with E-state index in [2.05, 4.69) is 0 Å². The van der Waals surface area contributed by atoms with Crippen molar-refractivity contribution in [3.63, 3.8) is 0 Å². The lowest BCUT2D eigenvalue weighted by molar-refractivity contribution is -0.462. The lowest BCUT2D eigenvalue weighted by Crippen LogP contribution is -2.81. The van der Waals surface area contributed by atoms with Gasteiger partial charge in [0.15, 0.2) is 11.2 Å². The van der Waals surface area contributed by atoms with Gasteiger partial charge in [-0.3, -0.25) is 0 Å². The van der Waals surface area contributed by atoms with E-state index in [0.29, 0.717) is 0 Å². The summed E-state index contributed by atoms with van der Waals surface area (Å²) in [4.78, 5) is 0. The topological polar surface area (TPSA) is 221 Å². The molecule has 1 saturated carbocycles. The van der Waals surface area contributed by atoms with E-state index in [1.165, 1.54) is 0 Å². The van der Waals surface area contributed by atoms with Gasteiger partial charge in [0.25, 0.3) is 11.6 Å². The van der Waals surface area contributed by atoms with Gasteiger partial charge in [0.2, 0.25) is 0 Å². The van der Waals surface area contributed by atoms with Crippen molar-refractivity contribution in [2.24, 2.45) is 0 Å². The zero-order valence-corrected chi connectivity index (χ0v) is 12.2. The van der Waals surface area contributed by atoms with Crippen LogP contribution in [0.4, 0.5) is 0 Å². The summed E-state index contributed by atoms with van der Waals surface area (Å²) in [7, 11) is 0. The average molecular weight is 356 g/mol. The maximum atomic E-state index is 10.8. The van der Waals surface area contributed by atoms with Gasteiger partial charge < -0.3 is 60.5 Å². The molecule has 0 aromatic carbocycles. The number of ether oxygens (including phenoxy) is 2. The van der Waals surface area contributed by atoms with Gasteiger partial charge in [0.05, 0.1) is 13.2 Å². The van der Waals surface area contributed by atoms with Gasteiger partial charge in [-0.2, -0.15) is 0 Å². The van der Waals surface area contributed by atoms with Gasteiger partial charge >= 0.3 is 0 Å². The number of hydrogen-bond donors (Lipinski definition) is 10. The van der Waals surface area contributed by atoms with Gasteiger partial charge in [-0.25, -0.2) is 0 Å². The van der Waals surface area contributed by atoms with Crippen molar-refractivity contribution in [1.29, 1.82) is 0 Å². The summed E-state index contributed by atoms with van der Waals surface area (Å²) in [5, 5.41) is 102. The van der Waals surface area contributed by atoms with E-state index in [0.717, 1.165) is 0 Å². The van der Waals surface area contributed by atoms with Crippen molar-refractivity contribution in [3.8, 4) is 0 Å². The fourth-order valence-electron chi connectivity index (χ4n) is 3.98. The Morgan fingerprint density at radius 2 is 1.29 bits per heavy atom. The molecule has 3 fully saturated rings. The summed E-state index contributed by atoms with van der Waals surface area (Å²) >= 11 is 0. The van der Waals surface area contributed by atoms with E-state index in [4.69, 9.17) is 9.47 Å². The fraction of sp³-hybridized carbons (Fsp3) is 1.00. The maximum Gasteiger partial charge on any atom is 0.260 e. The summed E-state index contributed by atoms with van der Waals surface area (Å²) in [6.07, 6.45) is -13.0. The first-order valence-electron chi connectivity index (χ1n) is 7.16. The normalized spacial score (nSPS) is 63.2. The van der Waals surface area contributed by atoms with Crippen LogP contribution in [0.25, 0.3) is 0 Å². The molecule has 1 aliphatic carbocycles. The molecule has 0 amide bonds. The minimum atomic E-state index is -3.47. The first-order valence-corrected chi connectivity index (χ1v) is 7.16. The molecule has 10 atom stereocenters. The third-order valence-electron chi connectivity index (χ3n) is 5.35. The average Bonchev–Trinajstić information content (AvgIpc) is 2.63. The van der Waals surface area contributed by atoms with Gasteiger partial charge in [0, 0.05) is 0 Å². The van der Waals surface area contributed by atoms with Crippen molar-refractivity contribution in [2.75, 3.05) is 13.2 Å². The summed E-state index contributed by atoms with van der Waals surface area (Å²) in [6, 6.07) is 0. The summed E-state index contributed by atoms with van der Waals surface area (Å²) < 4.78 is 9.74. The minimum Gasteiger partial charge on any atom is -0.394 e. The first-order chi connectivity index (χ1) is 11.0. The number of aliphatic hydroxyl groups excluding tert-OH is 6. The Labute approximate surface area is 134 Å². The molecule has 0 spiro atoms. The second-order valence-electron chi connectivity index (χ2n) is 6.39. The monoisotopic (exact) mass is 356 g/mol. The van der Waals surface area contributed by atoms with E-state index in [9.17, 15) is 51.1 Å². The summed E-state index contributed by atoms with van der Waals surface area (Å²) in [5.74, 6) is -6.78. The van der Waals surface area contributed by atoms with Crippen LogP contribution in [0.15, 0.2) is 0 Å². The molecule has 0 aromatic rings. The molecule has 2 bridgehead atoms. The Bertz CT molecular complexity index is 532. The van der Waals surface area contributed by atoms with Crippen LogP contribution in [0.2, 0.25) is 0 Å². The van der Waals surface area contributed by atoms with Crippen LogP contribution in [0, 0.1) is 0 Å². The molecule has 24 heavy (non-hydrogen) atoms. The molecule has 0 aromatic heterocycles. The van der Waals surface area contributed by atoms with E-state index in [1.54, 1.807) is 0 Å². The Hall–Kier alpha value is -0.480. The molecule has 12 heteroatoms. The van der Waals surface area contributed by atoms with Crippen molar-refractivity contribution >= 4 is 0 Å². The second kappa shape index (κ2) is 5.03. The van der Waals surface area contributed by atoms with Crippen LogP contribution in [0.5, 0.6) is 0 Å². The smallest absolute Gasteiger partial charge is 0.260 e. The molecule has 0 unspecified atom stereocenters. The van der Waals surface area contributed by atoms with Crippen LogP contribution in [0.1, 0.15) is 0 Å². The van der Waals surface area contributed by atoms with Gasteiger partial charge in [-0.1, -0.05) is 0 Å². The Kier molecular flexibility index (Phi) is 3.84. The van der Waals surface area contributed by atoms with Crippen molar-refractivity contribution in [3.05, 3.63) is 0 Å². The lowest BCUT2D eigenvalue weighted by Gasteiger charge is -2.53. The SMILES string of the molecule is OC[C@H]1O[C@@]2(O)[C@](O)([C@@H](O)[C@H]1O)[C@]1(O)[C@@H](O)[C@]2(O)O[C@H](CO)[C@@H]1O. The molecule has 0 radical (unpaired) electrons. The predicted molar refractivity (Wildman–Crippen MR) is 67.7 cm³/mol. The number of hydrogen-bond acceptors (Lipinski definition) is 12. The van der Waals surface area contributed by atoms with E-state index in [1.807, 2.05) is 0 Å². The van der Waals surface area contributed by atoms with E-state index >= 15 is 0 Å². The highest BCUT2D eigenvalue weighted by Crippen LogP contribution is 2.62. The highest BCUT2D eigenvalue weighted by atomic mass is 16.8. The van der Waals surface area contributed by atoms with Crippen molar-refractivity contribution < 1.29 is 60.5 Å². The number of rotatable bonds is 2. The standard InChI is InChI=1S/C12H20O12/c13-1-3-5(15)7(17)10(20)9(19)6(16)4(2-14)23-11(21,8(9)18)12(10,22)24-3/h3-8,13-22H,1-2H2/t3-,4-,5+,6+,7+,8-,9-,10+,11+,12+/m1/s1. The first kappa shape index (κ1) is 18.3. The minimum absolute atomic E-state index is 0.979. The molecule has 140 valence electrons. The van der Waals surface area contributed by atoms with E-state index < -0.39 is 72.6 Å². The highest BCUT2D eigenvalue weighted by Gasteiger charge is 2.93. The summed E-state index contributed by atoms with van der Waals surface area (Å²) in [5.41, 5.74) is -6.70. The lowest BCUT2D eigenvalue weighted by atomic mass is 9.70. The number of aliphatic hydroxyl groups is 10. The maximum absolute atomic E-state index is 10.8. The molecule has 3 aliphatic rings. The quantitative estimate of drug-likeness (QED) is 0.223. The van der Waals surface area contributed by atoms with Crippen LogP contribution >= 0.6 is 0 Å². The van der Waals surface area contributed by atoms with Gasteiger partial charge in [-0.05, 0) is 0 Å². The summed E-state index contributed by atoms with van der Waals surface area (Å²) in [6.45, 7) is -1.99. The van der Waals surface area contributed by atoms with E-state index in [-0.39, 0.29) is 0 Å².